The normalized spacial score (nSPS) is 10.3. The maximum absolute atomic E-state index is 10.8. The summed E-state index contributed by atoms with van der Waals surface area (Å²) < 4.78 is 1.69. The van der Waals surface area contributed by atoms with Crippen LogP contribution in [0, 0.1) is 17.0 Å². The molecule has 0 saturated heterocycles. The minimum absolute atomic E-state index is 0.153. The molecule has 0 saturated carbocycles. The van der Waals surface area contributed by atoms with Gasteiger partial charge in [0.05, 0.1) is 16.8 Å². The van der Waals surface area contributed by atoms with Gasteiger partial charge in [-0.3, -0.25) is 14.8 Å². The lowest BCUT2D eigenvalue weighted by atomic mass is 10.1. The van der Waals surface area contributed by atoms with Gasteiger partial charge in [-0.2, -0.15) is 5.10 Å². The van der Waals surface area contributed by atoms with Crippen LogP contribution in [-0.4, -0.2) is 14.7 Å². The Morgan fingerprint density at radius 1 is 1.50 bits per heavy atom. The number of nitro benzene ring substituents is 1. The van der Waals surface area contributed by atoms with Crippen LogP contribution in [-0.2, 0) is 13.6 Å². The van der Waals surface area contributed by atoms with Crippen molar-refractivity contribution in [2.75, 3.05) is 5.32 Å². The second kappa shape index (κ2) is 4.87. The van der Waals surface area contributed by atoms with Crippen molar-refractivity contribution in [3.05, 3.63) is 51.8 Å². The van der Waals surface area contributed by atoms with E-state index in [4.69, 9.17) is 0 Å². The predicted molar refractivity (Wildman–Crippen MR) is 68.4 cm³/mol. The van der Waals surface area contributed by atoms with Crippen LogP contribution in [0.25, 0.3) is 0 Å². The number of anilines is 1. The van der Waals surface area contributed by atoms with Gasteiger partial charge in [0.25, 0.3) is 5.69 Å². The van der Waals surface area contributed by atoms with Gasteiger partial charge in [-0.05, 0) is 12.5 Å². The number of hydrogen-bond acceptors (Lipinski definition) is 4. The van der Waals surface area contributed by atoms with Gasteiger partial charge >= 0.3 is 0 Å². The molecule has 2 rings (SSSR count). The molecule has 0 aliphatic heterocycles. The summed E-state index contributed by atoms with van der Waals surface area (Å²) in [4.78, 5) is 10.5. The van der Waals surface area contributed by atoms with Crippen LogP contribution < -0.4 is 5.32 Å². The molecule has 1 N–H and O–H groups in total. The summed E-state index contributed by atoms with van der Waals surface area (Å²) >= 11 is 0. The van der Waals surface area contributed by atoms with Crippen LogP contribution >= 0.6 is 0 Å². The van der Waals surface area contributed by atoms with Gasteiger partial charge in [0.15, 0.2) is 0 Å². The lowest BCUT2D eigenvalue weighted by molar-refractivity contribution is -0.385. The van der Waals surface area contributed by atoms with Gasteiger partial charge < -0.3 is 5.32 Å². The molecule has 0 radical (unpaired) electrons. The molecule has 1 aromatic heterocycles. The molecule has 0 amide bonds. The Hall–Kier alpha value is -2.37. The summed E-state index contributed by atoms with van der Waals surface area (Å²) in [5.41, 5.74) is 2.59. The highest BCUT2D eigenvalue weighted by Gasteiger charge is 2.10. The molecule has 1 aromatic carbocycles. The Labute approximate surface area is 104 Å². The Balaban J connectivity index is 2.10. The minimum Gasteiger partial charge on any atom is -0.378 e. The van der Waals surface area contributed by atoms with E-state index in [0.29, 0.717) is 12.1 Å². The van der Waals surface area contributed by atoms with Gasteiger partial charge in [0.2, 0.25) is 0 Å². The van der Waals surface area contributed by atoms with Crippen molar-refractivity contribution >= 4 is 11.4 Å². The Morgan fingerprint density at radius 3 is 2.89 bits per heavy atom. The maximum atomic E-state index is 10.8. The lowest BCUT2D eigenvalue weighted by Gasteiger charge is -2.04. The van der Waals surface area contributed by atoms with Crippen LogP contribution in [0.15, 0.2) is 30.6 Å². The van der Waals surface area contributed by atoms with Crippen molar-refractivity contribution in [2.45, 2.75) is 13.5 Å². The second-order valence-electron chi connectivity index (χ2n) is 4.13. The minimum atomic E-state index is -0.358. The van der Waals surface area contributed by atoms with E-state index in [2.05, 4.69) is 10.4 Å². The summed E-state index contributed by atoms with van der Waals surface area (Å²) in [5, 5.41) is 18.0. The van der Waals surface area contributed by atoms with Crippen molar-refractivity contribution < 1.29 is 4.92 Å². The van der Waals surface area contributed by atoms with E-state index in [1.165, 1.54) is 0 Å². The van der Waals surface area contributed by atoms with E-state index < -0.39 is 0 Å². The summed E-state index contributed by atoms with van der Waals surface area (Å²) in [5.74, 6) is 0. The molecule has 1 heterocycles. The van der Waals surface area contributed by atoms with E-state index in [-0.39, 0.29) is 10.6 Å². The Bertz CT molecular complexity index is 577. The first kappa shape index (κ1) is 12.1. The van der Waals surface area contributed by atoms with Crippen molar-refractivity contribution in [1.29, 1.82) is 0 Å². The van der Waals surface area contributed by atoms with E-state index in [1.54, 1.807) is 29.9 Å². The maximum Gasteiger partial charge on any atom is 0.272 e. The number of nitrogens with zero attached hydrogens (tertiary/aromatic N) is 3. The van der Waals surface area contributed by atoms with Crippen molar-refractivity contribution in [3.63, 3.8) is 0 Å². The standard InChI is InChI=1S/C12H14N4O2/c1-9-3-4-10(5-12(9)16(17)18)6-13-11-7-14-15(2)8-11/h3-5,7-8,13H,6H2,1-2H3. The fourth-order valence-electron chi connectivity index (χ4n) is 1.68. The van der Waals surface area contributed by atoms with Gasteiger partial charge in [-0.15, -0.1) is 0 Å². The zero-order valence-electron chi connectivity index (χ0n) is 10.3. The Kier molecular flexibility index (Phi) is 3.27. The van der Waals surface area contributed by atoms with Gasteiger partial charge in [-0.1, -0.05) is 12.1 Å². The quantitative estimate of drug-likeness (QED) is 0.663. The monoisotopic (exact) mass is 246 g/mol. The number of aryl methyl sites for hydroxylation is 2. The fourth-order valence-corrected chi connectivity index (χ4v) is 1.68. The van der Waals surface area contributed by atoms with Crippen LogP contribution in [0.1, 0.15) is 11.1 Å². The molecule has 0 bridgehead atoms. The van der Waals surface area contributed by atoms with Crippen LogP contribution in [0.2, 0.25) is 0 Å². The second-order valence-corrected chi connectivity index (χ2v) is 4.13. The van der Waals surface area contributed by atoms with E-state index in [1.807, 2.05) is 19.3 Å². The molecule has 2 aromatic rings. The third-order valence-corrected chi connectivity index (χ3v) is 2.67. The molecule has 6 nitrogen and oxygen atoms in total. The first-order valence-electron chi connectivity index (χ1n) is 5.52. The van der Waals surface area contributed by atoms with Crippen molar-refractivity contribution in [3.8, 4) is 0 Å². The molecule has 0 fully saturated rings. The zero-order chi connectivity index (χ0) is 13.1. The number of nitro groups is 1. The predicted octanol–water partition coefficient (Wildman–Crippen LogP) is 2.25. The summed E-state index contributed by atoms with van der Waals surface area (Å²) in [6.45, 7) is 2.27. The molecule has 94 valence electrons. The highest BCUT2D eigenvalue weighted by Crippen LogP contribution is 2.19. The fraction of sp³-hybridized carbons (Fsp3) is 0.250. The number of aromatic nitrogens is 2. The largest absolute Gasteiger partial charge is 0.378 e. The topological polar surface area (TPSA) is 73.0 Å². The summed E-state index contributed by atoms with van der Waals surface area (Å²) in [6.07, 6.45) is 3.56. The van der Waals surface area contributed by atoms with Gasteiger partial charge in [0.1, 0.15) is 0 Å². The Morgan fingerprint density at radius 2 is 2.28 bits per heavy atom. The van der Waals surface area contributed by atoms with E-state index >= 15 is 0 Å². The van der Waals surface area contributed by atoms with E-state index in [0.717, 1.165) is 11.3 Å². The lowest BCUT2D eigenvalue weighted by Crippen LogP contribution is -2.00. The third kappa shape index (κ3) is 2.65. The first-order chi connectivity index (χ1) is 8.56. The molecule has 0 spiro atoms. The molecule has 6 heteroatoms. The summed E-state index contributed by atoms with van der Waals surface area (Å²) in [7, 11) is 1.84. The average molecular weight is 246 g/mol. The molecular weight excluding hydrogens is 232 g/mol. The zero-order valence-corrected chi connectivity index (χ0v) is 10.3. The van der Waals surface area contributed by atoms with Gasteiger partial charge in [0, 0.05) is 31.4 Å². The number of rotatable bonds is 4. The van der Waals surface area contributed by atoms with E-state index in [9.17, 15) is 10.1 Å². The van der Waals surface area contributed by atoms with Crippen molar-refractivity contribution in [1.82, 2.24) is 9.78 Å². The van der Waals surface area contributed by atoms with Crippen LogP contribution in [0.5, 0.6) is 0 Å². The SMILES string of the molecule is Cc1ccc(CNc2cnn(C)c2)cc1[N+](=O)[O-]. The molecule has 0 aliphatic carbocycles. The average Bonchev–Trinajstić information content (AvgIpc) is 2.74. The van der Waals surface area contributed by atoms with Crippen LogP contribution in [0.4, 0.5) is 11.4 Å². The molecule has 0 aliphatic rings. The number of nitrogens with one attached hydrogen (secondary N) is 1. The van der Waals surface area contributed by atoms with Crippen molar-refractivity contribution in [2.24, 2.45) is 7.05 Å². The first-order valence-corrected chi connectivity index (χ1v) is 5.52. The number of benzene rings is 1. The molecule has 0 unspecified atom stereocenters. The molecule has 18 heavy (non-hydrogen) atoms. The smallest absolute Gasteiger partial charge is 0.272 e. The van der Waals surface area contributed by atoms with Crippen LogP contribution in [0.3, 0.4) is 0 Å². The molecule has 0 atom stereocenters. The highest BCUT2D eigenvalue weighted by atomic mass is 16.6. The summed E-state index contributed by atoms with van der Waals surface area (Å²) in [6, 6.07) is 5.24. The highest BCUT2D eigenvalue weighted by molar-refractivity contribution is 5.45. The third-order valence-electron chi connectivity index (χ3n) is 2.67. The molecular formula is C12H14N4O2. The van der Waals surface area contributed by atoms with Gasteiger partial charge in [-0.25, -0.2) is 0 Å². The number of hydrogen-bond donors (Lipinski definition) is 1.